The summed E-state index contributed by atoms with van der Waals surface area (Å²) >= 11 is 0. The maximum Gasteiger partial charge on any atom is 0.178 e. The maximum atomic E-state index is 13.5. The van der Waals surface area contributed by atoms with Crippen LogP contribution in [0, 0.1) is 23.2 Å². The first-order chi connectivity index (χ1) is 23.3. The number of H-pyrrole nitrogens is 1. The Labute approximate surface area is 296 Å². The first-order valence-corrected chi connectivity index (χ1v) is 19.4. The molecule has 5 heterocycles. The van der Waals surface area contributed by atoms with E-state index in [2.05, 4.69) is 86.4 Å². The van der Waals surface area contributed by atoms with Crippen molar-refractivity contribution in [2.24, 2.45) is 23.2 Å². The van der Waals surface area contributed by atoms with Crippen molar-refractivity contribution in [3.8, 4) is 0 Å². The van der Waals surface area contributed by atoms with Gasteiger partial charge in [0.2, 0.25) is 0 Å². The van der Waals surface area contributed by atoms with Crippen molar-refractivity contribution >= 4 is 10.9 Å². The largest absolute Gasteiger partial charge is 0.388 e. The van der Waals surface area contributed by atoms with Gasteiger partial charge < -0.3 is 38.9 Å². The third kappa shape index (κ3) is 3.59. The minimum atomic E-state index is -1.10. The molecule has 1 aromatic carbocycles. The van der Waals surface area contributed by atoms with Gasteiger partial charge in [0.25, 0.3) is 0 Å². The highest BCUT2D eigenvalue weighted by molar-refractivity contribution is 5.91. The predicted molar refractivity (Wildman–Crippen MR) is 189 cm³/mol. The summed E-state index contributed by atoms with van der Waals surface area (Å²) in [6.07, 6.45) is 5.04. The lowest BCUT2D eigenvalue weighted by molar-refractivity contribution is -0.343. The molecule has 0 bridgehead atoms. The fourth-order valence-corrected chi connectivity index (χ4v) is 13.8. The van der Waals surface area contributed by atoms with E-state index in [0.29, 0.717) is 12.3 Å². The minimum absolute atomic E-state index is 0.0456. The lowest BCUT2D eigenvalue weighted by Gasteiger charge is -2.66. The van der Waals surface area contributed by atoms with E-state index in [9.17, 15) is 10.2 Å². The van der Waals surface area contributed by atoms with E-state index in [-0.39, 0.29) is 47.3 Å². The van der Waals surface area contributed by atoms with Gasteiger partial charge in [-0.25, -0.2) is 0 Å². The summed E-state index contributed by atoms with van der Waals surface area (Å²) in [6.45, 7) is 21.8. The summed E-state index contributed by atoms with van der Waals surface area (Å²) in [5.74, 6) is 0.660. The first-order valence-electron chi connectivity index (χ1n) is 19.4. The fraction of sp³-hybridized carbons (Fsp3) is 0.762. The lowest BCUT2D eigenvalue weighted by Crippen LogP contribution is -2.77. The van der Waals surface area contributed by atoms with Crippen molar-refractivity contribution in [1.82, 2.24) is 4.98 Å². The van der Waals surface area contributed by atoms with Crippen molar-refractivity contribution in [2.45, 2.75) is 178 Å². The van der Waals surface area contributed by atoms with E-state index >= 15 is 0 Å². The Balaban J connectivity index is 1.06. The first kappa shape index (κ1) is 32.8. The normalized spacial score (nSPS) is 49.7. The van der Waals surface area contributed by atoms with Gasteiger partial charge in [-0.3, -0.25) is 0 Å². The quantitative estimate of drug-likeness (QED) is 0.226. The molecule has 2 saturated carbocycles. The average Bonchev–Trinajstić information content (AvgIpc) is 3.51. The van der Waals surface area contributed by atoms with Crippen LogP contribution in [0.15, 0.2) is 23.8 Å². The molecule has 0 amide bonds. The minimum Gasteiger partial charge on any atom is -0.388 e. The van der Waals surface area contributed by atoms with Gasteiger partial charge in [0, 0.05) is 33.3 Å². The summed E-state index contributed by atoms with van der Waals surface area (Å²) in [4.78, 5) is 3.99. The number of rotatable bonds is 1. The monoisotopic (exact) mass is 687 g/mol. The number of aliphatic hydroxyl groups excluding tert-OH is 1. The summed E-state index contributed by atoms with van der Waals surface area (Å²) in [7, 11) is 0. The fourth-order valence-electron chi connectivity index (χ4n) is 13.8. The SMILES string of the molecule is CC(C)=C[C@H]1O[C@H]2[C@H]3O[C@@]34[C@H](CCC3(C)[C@@]5(C)c6[nH]c7ccc8c(c7c6CC5CC[C@]34O)CC3C([C@H]8O)C(C)(C)OC3(C)C)O[C@@H]2C(C)(C)O1. The second kappa shape index (κ2) is 9.47. The Kier molecular flexibility index (Phi) is 6.22. The van der Waals surface area contributed by atoms with Crippen molar-refractivity contribution in [1.29, 1.82) is 0 Å². The van der Waals surface area contributed by atoms with E-state index < -0.39 is 40.2 Å². The van der Waals surface area contributed by atoms with Crippen LogP contribution < -0.4 is 0 Å². The molecule has 1 aromatic heterocycles. The van der Waals surface area contributed by atoms with Crippen LogP contribution in [0.1, 0.15) is 123 Å². The highest BCUT2D eigenvalue weighted by Gasteiger charge is 2.87. The molecule has 4 aliphatic heterocycles. The zero-order chi connectivity index (χ0) is 35.3. The molecule has 6 fully saturated rings. The Morgan fingerprint density at radius 2 is 1.62 bits per heavy atom. The number of epoxide rings is 1. The number of aliphatic hydroxyl groups is 2. The molecule has 50 heavy (non-hydrogen) atoms. The number of ether oxygens (including phenoxy) is 5. The van der Waals surface area contributed by atoms with Gasteiger partial charge in [0.1, 0.15) is 23.9 Å². The van der Waals surface area contributed by atoms with E-state index in [1.807, 2.05) is 6.08 Å². The second-order valence-corrected chi connectivity index (χ2v) is 19.8. The smallest absolute Gasteiger partial charge is 0.178 e. The molecule has 272 valence electrons. The van der Waals surface area contributed by atoms with E-state index in [1.54, 1.807) is 0 Å². The molecule has 0 radical (unpaired) electrons. The van der Waals surface area contributed by atoms with Crippen molar-refractivity contribution in [3.63, 3.8) is 0 Å². The number of hydrogen-bond donors (Lipinski definition) is 3. The molecular weight excluding hydrogens is 630 g/mol. The van der Waals surface area contributed by atoms with Crippen LogP contribution >= 0.6 is 0 Å². The molecule has 4 saturated heterocycles. The van der Waals surface area contributed by atoms with Crippen LogP contribution in [0.2, 0.25) is 0 Å². The van der Waals surface area contributed by atoms with Gasteiger partial charge in [-0.1, -0.05) is 25.5 Å². The zero-order valence-electron chi connectivity index (χ0n) is 31.6. The van der Waals surface area contributed by atoms with Crippen LogP contribution in [-0.4, -0.2) is 73.9 Å². The summed E-state index contributed by atoms with van der Waals surface area (Å²) in [5.41, 5.74) is 3.34. The number of fused-ring (bicyclic) bond motifs is 12. The number of nitrogens with one attached hydrogen (secondary N) is 1. The Bertz CT molecular complexity index is 1850. The summed E-state index contributed by atoms with van der Waals surface area (Å²) < 4.78 is 33.5. The van der Waals surface area contributed by atoms with Crippen LogP contribution in [0.25, 0.3) is 10.9 Å². The molecule has 8 nitrogen and oxygen atoms in total. The van der Waals surface area contributed by atoms with Gasteiger partial charge in [-0.05, 0) is 135 Å². The topological polar surface area (TPSA) is 106 Å². The molecule has 4 unspecified atom stereocenters. The molecule has 4 aliphatic carbocycles. The second-order valence-electron chi connectivity index (χ2n) is 19.8. The van der Waals surface area contributed by atoms with Crippen molar-refractivity contribution in [3.05, 3.63) is 46.2 Å². The van der Waals surface area contributed by atoms with E-state index in [1.165, 1.54) is 22.2 Å². The molecular formula is C42H57NO7. The maximum absolute atomic E-state index is 13.5. The number of hydrogen-bond acceptors (Lipinski definition) is 7. The van der Waals surface area contributed by atoms with Gasteiger partial charge >= 0.3 is 0 Å². The van der Waals surface area contributed by atoms with Crippen LogP contribution in [-0.2, 0) is 41.9 Å². The molecule has 10 rings (SSSR count). The number of aromatic amines is 1. The summed E-state index contributed by atoms with van der Waals surface area (Å²) in [6, 6.07) is 4.35. The molecule has 8 heteroatoms. The molecule has 2 aromatic rings. The lowest BCUT2D eigenvalue weighted by atomic mass is 9.40. The number of aromatic nitrogens is 1. The average molecular weight is 688 g/mol. The van der Waals surface area contributed by atoms with Crippen molar-refractivity contribution < 1.29 is 33.9 Å². The third-order valence-corrected chi connectivity index (χ3v) is 16.1. The number of benzene rings is 1. The van der Waals surface area contributed by atoms with E-state index in [4.69, 9.17) is 23.7 Å². The van der Waals surface area contributed by atoms with Crippen LogP contribution in [0.5, 0.6) is 0 Å². The summed E-state index contributed by atoms with van der Waals surface area (Å²) in [5, 5.41) is 26.7. The highest BCUT2D eigenvalue weighted by Crippen LogP contribution is 2.75. The molecule has 1 spiro atoms. The molecule has 3 N–H and O–H groups in total. The van der Waals surface area contributed by atoms with Gasteiger partial charge in [-0.2, -0.15) is 0 Å². The Morgan fingerprint density at radius 3 is 2.36 bits per heavy atom. The number of allylic oxidation sites excluding steroid dienone is 1. The van der Waals surface area contributed by atoms with E-state index in [0.717, 1.165) is 48.8 Å². The predicted octanol–water partition coefficient (Wildman–Crippen LogP) is 6.72. The van der Waals surface area contributed by atoms with Crippen molar-refractivity contribution in [2.75, 3.05) is 0 Å². The highest BCUT2D eigenvalue weighted by atomic mass is 16.8. The van der Waals surface area contributed by atoms with Crippen LogP contribution in [0.3, 0.4) is 0 Å². The molecule has 8 aliphatic rings. The third-order valence-electron chi connectivity index (χ3n) is 16.1. The zero-order valence-corrected chi connectivity index (χ0v) is 31.6. The van der Waals surface area contributed by atoms with Gasteiger partial charge in [0.05, 0.1) is 29.0 Å². The Morgan fingerprint density at radius 1 is 0.860 bits per heavy atom. The van der Waals surface area contributed by atoms with Crippen LogP contribution in [0.4, 0.5) is 0 Å². The van der Waals surface area contributed by atoms with Gasteiger partial charge in [0.15, 0.2) is 11.9 Å². The Hall–Kier alpha value is -1.78. The van der Waals surface area contributed by atoms with Gasteiger partial charge in [-0.15, -0.1) is 0 Å². The standard InChI is InChI=1S/C42H57NO7/c1-20(2)17-28-47-32-34(38(7,8)48-28)46-27-14-15-39(9)40(10)21(13-16-41(39,45)42(27)35(32)49-42)18-24-29-23-19-25-30(37(5,6)50-36(25,3)4)31(44)22(23)11-12-26(29)43-33(24)40/h11-12,17,21,25,27-28,30-32,34-35,43-45H,13-16,18-19H2,1-10H3/t21?,25?,27-,28-,30?,31-,32+,34-,35+,39?,40+,41-,42-/m0/s1. The molecule has 13 atom stereocenters.